The number of carboxylic acids is 1. The van der Waals surface area contributed by atoms with E-state index in [4.69, 9.17) is 4.74 Å². The summed E-state index contributed by atoms with van der Waals surface area (Å²) in [7, 11) is 0. The Labute approximate surface area is 198 Å². The highest BCUT2D eigenvalue weighted by atomic mass is 16.5. The van der Waals surface area contributed by atoms with Crippen LogP contribution < -0.4 is 0 Å². The van der Waals surface area contributed by atoms with Crippen LogP contribution in [0.1, 0.15) is 11.6 Å². The number of nitrogens with one attached hydrogen (secondary N) is 1. The Morgan fingerprint density at radius 3 is 2.29 bits per heavy atom. The average molecular weight is 463 g/mol. The lowest BCUT2D eigenvalue weighted by Crippen LogP contribution is -2.52. The van der Waals surface area contributed by atoms with Crippen LogP contribution in [-0.2, 0) is 14.3 Å². The van der Waals surface area contributed by atoms with Crippen LogP contribution in [0.2, 0.25) is 0 Å². The van der Waals surface area contributed by atoms with Gasteiger partial charge in [-0.2, -0.15) is 0 Å². The third-order valence-electron chi connectivity index (χ3n) is 6.81. The fourth-order valence-electron chi connectivity index (χ4n) is 5.03. The molecule has 2 fully saturated rings. The summed E-state index contributed by atoms with van der Waals surface area (Å²) >= 11 is 0. The van der Waals surface area contributed by atoms with E-state index in [0.717, 1.165) is 27.7 Å². The number of rotatable bonds is 6. The summed E-state index contributed by atoms with van der Waals surface area (Å²) in [5.41, 5.74) is 3.54. The number of hydrogen-bond donors (Lipinski definition) is 2. The van der Waals surface area contributed by atoms with E-state index in [-0.39, 0.29) is 5.91 Å². The van der Waals surface area contributed by atoms with Gasteiger partial charge in [0.05, 0.1) is 25.5 Å². The molecule has 2 aliphatic rings. The fourth-order valence-corrected chi connectivity index (χ4v) is 5.03. The molecule has 8 nitrogen and oxygen atoms in total. The first-order valence-electron chi connectivity index (χ1n) is 11.8. The first kappa shape index (κ1) is 22.6. The second-order valence-electron chi connectivity index (χ2n) is 8.87. The Hall–Kier alpha value is -3.20. The van der Waals surface area contributed by atoms with Gasteiger partial charge < -0.3 is 19.7 Å². The first-order valence-corrected chi connectivity index (χ1v) is 11.8. The Morgan fingerprint density at radius 2 is 1.59 bits per heavy atom. The van der Waals surface area contributed by atoms with Crippen LogP contribution >= 0.6 is 0 Å². The molecule has 2 N–H and O–H groups in total. The molecule has 5 rings (SSSR count). The highest BCUT2D eigenvalue weighted by molar-refractivity contribution is 5.95. The van der Waals surface area contributed by atoms with Crippen LogP contribution in [0.4, 0.5) is 0 Å². The number of benzene rings is 2. The van der Waals surface area contributed by atoms with Crippen molar-refractivity contribution in [2.45, 2.75) is 6.04 Å². The topological polar surface area (TPSA) is 89.1 Å². The van der Waals surface area contributed by atoms with Gasteiger partial charge in [-0.3, -0.25) is 19.4 Å². The molecule has 2 aliphatic heterocycles. The number of aliphatic carboxylic acids is 1. The molecule has 0 bridgehead atoms. The van der Waals surface area contributed by atoms with Crippen molar-refractivity contribution in [2.75, 3.05) is 59.0 Å². The van der Waals surface area contributed by atoms with Crippen molar-refractivity contribution in [3.8, 4) is 11.3 Å². The van der Waals surface area contributed by atoms with Gasteiger partial charge in [-0.15, -0.1) is 0 Å². The number of hydrogen-bond acceptors (Lipinski definition) is 5. The Balaban J connectivity index is 1.37. The molecular weight excluding hydrogens is 432 g/mol. The van der Waals surface area contributed by atoms with Crippen molar-refractivity contribution in [3.63, 3.8) is 0 Å². The molecule has 0 spiro atoms. The van der Waals surface area contributed by atoms with E-state index in [1.165, 1.54) is 0 Å². The molecule has 0 saturated carbocycles. The maximum Gasteiger partial charge on any atom is 0.325 e. The number of amides is 1. The van der Waals surface area contributed by atoms with Crippen LogP contribution in [0, 0.1) is 0 Å². The molecule has 1 amide bonds. The van der Waals surface area contributed by atoms with Gasteiger partial charge in [0.25, 0.3) is 0 Å². The Kier molecular flexibility index (Phi) is 6.62. The molecule has 2 saturated heterocycles. The van der Waals surface area contributed by atoms with Crippen molar-refractivity contribution in [3.05, 3.63) is 60.2 Å². The number of nitrogens with zero attached hydrogens (tertiary/aromatic N) is 3. The van der Waals surface area contributed by atoms with E-state index >= 15 is 0 Å². The largest absolute Gasteiger partial charge is 0.480 e. The third-order valence-corrected chi connectivity index (χ3v) is 6.81. The van der Waals surface area contributed by atoms with Crippen molar-refractivity contribution in [1.82, 2.24) is 19.7 Å². The molecule has 0 unspecified atom stereocenters. The predicted octanol–water partition coefficient (Wildman–Crippen LogP) is 2.44. The number of ether oxygens (including phenoxy) is 1. The number of aromatic nitrogens is 1. The number of para-hydroxylation sites is 1. The zero-order valence-electron chi connectivity index (χ0n) is 19.2. The molecule has 0 aliphatic carbocycles. The van der Waals surface area contributed by atoms with Gasteiger partial charge in [0, 0.05) is 55.7 Å². The van der Waals surface area contributed by atoms with Crippen LogP contribution in [0.5, 0.6) is 0 Å². The molecule has 2 aromatic carbocycles. The number of H-pyrrole nitrogens is 1. The normalized spacial score (nSPS) is 18.8. The summed E-state index contributed by atoms with van der Waals surface area (Å²) < 4.78 is 5.34. The fraction of sp³-hybridized carbons (Fsp3) is 0.385. The number of aromatic amines is 1. The lowest BCUT2D eigenvalue weighted by Gasteiger charge is -2.38. The number of carboxylic acid groups (broad SMARTS) is 1. The van der Waals surface area contributed by atoms with Gasteiger partial charge in [-0.05, 0) is 11.6 Å². The predicted molar refractivity (Wildman–Crippen MR) is 130 cm³/mol. The molecule has 3 aromatic rings. The highest BCUT2D eigenvalue weighted by Crippen LogP contribution is 2.37. The van der Waals surface area contributed by atoms with Crippen LogP contribution in [0.3, 0.4) is 0 Å². The molecule has 0 radical (unpaired) electrons. The maximum absolute atomic E-state index is 12.6. The van der Waals surface area contributed by atoms with E-state index in [1.807, 2.05) is 64.4 Å². The maximum atomic E-state index is 12.6. The minimum atomic E-state index is -0.861. The molecule has 8 heteroatoms. The minimum absolute atomic E-state index is 0.120. The van der Waals surface area contributed by atoms with E-state index in [0.29, 0.717) is 59.0 Å². The van der Waals surface area contributed by atoms with Gasteiger partial charge in [0.1, 0.15) is 6.04 Å². The SMILES string of the molecule is O=C(O)[C@@H](c1c(-c2ccccc2)[nH]c2ccccc12)N1CCN(CC(=O)N2CCOCC2)CC1. The van der Waals surface area contributed by atoms with Gasteiger partial charge in [0.2, 0.25) is 5.91 Å². The molecular formula is C26H30N4O4. The van der Waals surface area contributed by atoms with Crippen LogP contribution in [0.15, 0.2) is 54.6 Å². The summed E-state index contributed by atoms with van der Waals surface area (Å²) in [6.07, 6.45) is 0. The molecule has 1 atom stereocenters. The lowest BCUT2D eigenvalue weighted by molar-refractivity contribution is -0.145. The van der Waals surface area contributed by atoms with Crippen molar-refractivity contribution in [1.29, 1.82) is 0 Å². The molecule has 178 valence electrons. The smallest absolute Gasteiger partial charge is 0.325 e. The highest BCUT2D eigenvalue weighted by Gasteiger charge is 2.35. The summed E-state index contributed by atoms with van der Waals surface area (Å²) in [4.78, 5) is 34.8. The van der Waals surface area contributed by atoms with Gasteiger partial charge in [0.15, 0.2) is 0 Å². The molecule has 3 heterocycles. The second-order valence-corrected chi connectivity index (χ2v) is 8.87. The minimum Gasteiger partial charge on any atom is -0.480 e. The number of carbonyl (C=O) groups is 2. The zero-order chi connectivity index (χ0) is 23.5. The Bertz CT molecular complexity index is 1150. The van der Waals surface area contributed by atoms with Crippen LogP contribution in [0.25, 0.3) is 22.2 Å². The zero-order valence-corrected chi connectivity index (χ0v) is 19.2. The average Bonchev–Trinajstić information content (AvgIpc) is 3.25. The second kappa shape index (κ2) is 9.97. The summed E-state index contributed by atoms with van der Waals surface area (Å²) in [5, 5.41) is 11.3. The van der Waals surface area contributed by atoms with E-state index in [1.54, 1.807) is 0 Å². The number of piperazine rings is 1. The monoisotopic (exact) mass is 462 g/mol. The van der Waals surface area contributed by atoms with Gasteiger partial charge in [-0.25, -0.2) is 0 Å². The molecule has 34 heavy (non-hydrogen) atoms. The first-order chi connectivity index (χ1) is 16.6. The van der Waals surface area contributed by atoms with Crippen molar-refractivity contribution < 1.29 is 19.4 Å². The standard InChI is InChI=1S/C26H30N4O4/c31-22(29-14-16-34-17-15-29)18-28-10-12-30(13-11-28)25(26(32)33)23-20-8-4-5-9-21(20)27-24(23)19-6-2-1-3-7-19/h1-9,25,27H,10-18H2,(H,32,33)/t25-/m1/s1. The quantitative estimate of drug-likeness (QED) is 0.585. The summed E-state index contributed by atoms with van der Waals surface area (Å²) in [5.74, 6) is -0.741. The third kappa shape index (κ3) is 4.57. The van der Waals surface area contributed by atoms with Crippen molar-refractivity contribution >= 4 is 22.8 Å². The Morgan fingerprint density at radius 1 is 0.912 bits per heavy atom. The number of carbonyl (C=O) groups excluding carboxylic acids is 1. The summed E-state index contributed by atoms with van der Waals surface area (Å²) in [6, 6.07) is 17.0. The molecule has 1 aromatic heterocycles. The summed E-state index contributed by atoms with van der Waals surface area (Å²) in [6.45, 7) is 5.32. The number of fused-ring (bicyclic) bond motifs is 1. The van der Waals surface area contributed by atoms with E-state index in [9.17, 15) is 14.7 Å². The van der Waals surface area contributed by atoms with Crippen LogP contribution in [-0.4, -0.2) is 95.7 Å². The van der Waals surface area contributed by atoms with E-state index in [2.05, 4.69) is 9.88 Å². The van der Waals surface area contributed by atoms with Crippen molar-refractivity contribution in [2.24, 2.45) is 0 Å². The van der Waals surface area contributed by atoms with Gasteiger partial charge >= 0.3 is 5.97 Å². The number of morpholine rings is 1. The van der Waals surface area contributed by atoms with Gasteiger partial charge in [-0.1, -0.05) is 48.5 Å². The lowest BCUT2D eigenvalue weighted by atomic mass is 9.97. The van der Waals surface area contributed by atoms with E-state index < -0.39 is 12.0 Å².